The van der Waals surface area contributed by atoms with Gasteiger partial charge in [-0.2, -0.15) is 0 Å². The molecule has 0 saturated carbocycles. The van der Waals surface area contributed by atoms with Crippen LogP contribution in [0, 0.1) is 5.82 Å². The predicted molar refractivity (Wildman–Crippen MR) is 83.7 cm³/mol. The molecule has 3 N–H and O–H groups in total. The topological polar surface area (TPSA) is 68.0 Å². The van der Waals surface area contributed by atoms with E-state index in [1.807, 2.05) is 12.1 Å². The number of benzene rings is 2. The van der Waals surface area contributed by atoms with Gasteiger partial charge in [-0.3, -0.25) is 9.78 Å². The minimum Gasteiger partial charge on any atom is -0.399 e. The maximum absolute atomic E-state index is 12.9. The summed E-state index contributed by atoms with van der Waals surface area (Å²) in [6, 6.07) is 13.2. The first-order valence-electron chi connectivity index (χ1n) is 6.80. The fraction of sp³-hybridized carbons (Fsp3) is 0.0588. The number of anilines is 1. The van der Waals surface area contributed by atoms with E-state index in [1.54, 1.807) is 30.5 Å². The maximum Gasteiger partial charge on any atom is 0.270 e. The molecular weight excluding hydrogens is 281 g/mol. The molecule has 5 heteroatoms. The van der Waals surface area contributed by atoms with Gasteiger partial charge in [0.05, 0.1) is 0 Å². The second-order valence-corrected chi connectivity index (χ2v) is 4.95. The molecule has 0 aliphatic heterocycles. The first-order chi connectivity index (χ1) is 10.6. The first kappa shape index (κ1) is 14.0. The molecule has 0 spiro atoms. The Morgan fingerprint density at radius 3 is 2.68 bits per heavy atom. The number of pyridine rings is 1. The maximum atomic E-state index is 12.9. The van der Waals surface area contributed by atoms with E-state index in [0.29, 0.717) is 23.3 Å². The van der Waals surface area contributed by atoms with E-state index in [9.17, 15) is 9.18 Å². The molecule has 0 aliphatic rings. The lowest BCUT2D eigenvalue weighted by Gasteiger charge is -2.08. The van der Waals surface area contributed by atoms with Crippen molar-refractivity contribution in [3.8, 4) is 0 Å². The molecular formula is C17H14FN3O. The third kappa shape index (κ3) is 2.88. The van der Waals surface area contributed by atoms with Crippen LogP contribution in [0.2, 0.25) is 0 Å². The van der Waals surface area contributed by atoms with Crippen LogP contribution in [-0.4, -0.2) is 10.9 Å². The lowest BCUT2D eigenvalue weighted by atomic mass is 10.1. The van der Waals surface area contributed by atoms with Crippen molar-refractivity contribution in [2.24, 2.45) is 0 Å². The molecule has 2 aromatic carbocycles. The van der Waals surface area contributed by atoms with Gasteiger partial charge in [0.2, 0.25) is 0 Å². The van der Waals surface area contributed by atoms with Gasteiger partial charge in [-0.15, -0.1) is 0 Å². The molecule has 0 fully saturated rings. The molecule has 3 rings (SSSR count). The number of hydrogen-bond donors (Lipinski definition) is 2. The lowest BCUT2D eigenvalue weighted by Crippen LogP contribution is -2.24. The predicted octanol–water partition coefficient (Wildman–Crippen LogP) is 2.89. The third-order valence-electron chi connectivity index (χ3n) is 3.37. The van der Waals surface area contributed by atoms with E-state index >= 15 is 0 Å². The number of amides is 1. The molecule has 0 unspecified atom stereocenters. The highest BCUT2D eigenvalue weighted by molar-refractivity contribution is 6.05. The van der Waals surface area contributed by atoms with Gasteiger partial charge >= 0.3 is 0 Å². The Bertz CT molecular complexity index is 831. The number of nitrogens with zero attached hydrogens (tertiary/aromatic N) is 1. The Labute approximate surface area is 126 Å². The van der Waals surface area contributed by atoms with Crippen LogP contribution in [0.1, 0.15) is 16.1 Å². The summed E-state index contributed by atoms with van der Waals surface area (Å²) in [6.45, 7) is 0.305. The summed E-state index contributed by atoms with van der Waals surface area (Å²) in [5, 5.41) is 4.39. The van der Waals surface area contributed by atoms with Crippen LogP contribution in [0.5, 0.6) is 0 Å². The van der Waals surface area contributed by atoms with Crippen LogP contribution in [0.3, 0.4) is 0 Å². The van der Waals surface area contributed by atoms with Gasteiger partial charge in [-0.25, -0.2) is 4.39 Å². The number of nitrogens with one attached hydrogen (secondary N) is 1. The second kappa shape index (κ2) is 5.81. The van der Waals surface area contributed by atoms with E-state index in [4.69, 9.17) is 5.73 Å². The van der Waals surface area contributed by atoms with Crippen molar-refractivity contribution in [1.29, 1.82) is 0 Å². The zero-order valence-corrected chi connectivity index (χ0v) is 11.7. The number of nitrogen functional groups attached to an aromatic ring is 1. The fourth-order valence-corrected chi connectivity index (χ4v) is 2.24. The molecule has 3 aromatic rings. The van der Waals surface area contributed by atoms with Gasteiger partial charge in [-0.05, 0) is 41.3 Å². The lowest BCUT2D eigenvalue weighted by molar-refractivity contribution is 0.0948. The van der Waals surface area contributed by atoms with E-state index in [-0.39, 0.29) is 11.7 Å². The minimum absolute atomic E-state index is 0.291. The number of carbonyl (C=O) groups excluding carboxylic acids is 1. The average Bonchev–Trinajstić information content (AvgIpc) is 2.53. The zero-order valence-electron chi connectivity index (χ0n) is 11.7. The SMILES string of the molecule is Nc1ccc2ccnc(C(=O)NCc3ccc(F)cc3)c2c1. The van der Waals surface area contributed by atoms with Crippen LogP contribution in [0.15, 0.2) is 54.7 Å². The normalized spacial score (nSPS) is 10.6. The number of hydrogen-bond acceptors (Lipinski definition) is 3. The van der Waals surface area contributed by atoms with E-state index in [2.05, 4.69) is 10.3 Å². The van der Waals surface area contributed by atoms with E-state index in [1.165, 1.54) is 12.1 Å². The Balaban J connectivity index is 1.83. The van der Waals surface area contributed by atoms with E-state index < -0.39 is 0 Å². The largest absolute Gasteiger partial charge is 0.399 e. The van der Waals surface area contributed by atoms with Gasteiger partial charge in [0.1, 0.15) is 11.5 Å². The van der Waals surface area contributed by atoms with Crippen molar-refractivity contribution in [1.82, 2.24) is 10.3 Å². The molecule has 0 saturated heterocycles. The van der Waals surface area contributed by atoms with Crippen molar-refractivity contribution >= 4 is 22.4 Å². The van der Waals surface area contributed by atoms with Crippen molar-refractivity contribution in [2.75, 3.05) is 5.73 Å². The van der Waals surface area contributed by atoms with Gasteiger partial charge < -0.3 is 11.1 Å². The second-order valence-electron chi connectivity index (χ2n) is 4.95. The van der Waals surface area contributed by atoms with Crippen molar-refractivity contribution in [2.45, 2.75) is 6.54 Å². The van der Waals surface area contributed by atoms with Crippen molar-refractivity contribution in [3.63, 3.8) is 0 Å². The van der Waals surface area contributed by atoms with Crippen LogP contribution in [0.25, 0.3) is 10.8 Å². The van der Waals surface area contributed by atoms with E-state index in [0.717, 1.165) is 10.9 Å². The molecule has 22 heavy (non-hydrogen) atoms. The fourth-order valence-electron chi connectivity index (χ4n) is 2.24. The van der Waals surface area contributed by atoms with Crippen LogP contribution in [-0.2, 0) is 6.54 Å². The molecule has 1 amide bonds. The minimum atomic E-state index is -0.304. The summed E-state index contributed by atoms with van der Waals surface area (Å²) in [5.41, 5.74) is 7.49. The summed E-state index contributed by atoms with van der Waals surface area (Å²) >= 11 is 0. The Hall–Kier alpha value is -2.95. The standard InChI is InChI=1S/C17H14FN3O/c18-13-4-1-11(2-5-13)10-21-17(22)16-15-9-14(19)6-3-12(15)7-8-20-16/h1-9H,10,19H2,(H,21,22). The van der Waals surface area contributed by atoms with Crippen LogP contribution < -0.4 is 11.1 Å². The highest BCUT2D eigenvalue weighted by atomic mass is 19.1. The van der Waals surface area contributed by atoms with Crippen molar-refractivity contribution < 1.29 is 9.18 Å². The molecule has 1 aromatic heterocycles. The Morgan fingerprint density at radius 2 is 1.91 bits per heavy atom. The molecule has 0 atom stereocenters. The molecule has 110 valence electrons. The first-order valence-corrected chi connectivity index (χ1v) is 6.80. The molecule has 1 heterocycles. The number of aromatic nitrogens is 1. The quantitative estimate of drug-likeness (QED) is 0.730. The number of nitrogens with two attached hydrogens (primary N) is 1. The summed E-state index contributed by atoms with van der Waals surface area (Å²) in [7, 11) is 0. The Kier molecular flexibility index (Phi) is 3.70. The summed E-state index contributed by atoms with van der Waals surface area (Å²) in [5.74, 6) is -0.596. The smallest absolute Gasteiger partial charge is 0.270 e. The number of rotatable bonds is 3. The Morgan fingerprint density at radius 1 is 1.14 bits per heavy atom. The number of carbonyl (C=O) groups is 1. The van der Waals surface area contributed by atoms with Crippen LogP contribution in [0.4, 0.5) is 10.1 Å². The zero-order chi connectivity index (χ0) is 15.5. The summed E-state index contributed by atoms with van der Waals surface area (Å²) in [4.78, 5) is 16.5. The molecule has 0 radical (unpaired) electrons. The highest BCUT2D eigenvalue weighted by Crippen LogP contribution is 2.19. The highest BCUT2D eigenvalue weighted by Gasteiger charge is 2.11. The molecule has 0 bridgehead atoms. The van der Waals surface area contributed by atoms with Gasteiger partial charge in [0, 0.05) is 23.8 Å². The van der Waals surface area contributed by atoms with Crippen LogP contribution >= 0.6 is 0 Å². The molecule has 4 nitrogen and oxygen atoms in total. The summed E-state index contributed by atoms with van der Waals surface area (Å²) < 4.78 is 12.9. The summed E-state index contributed by atoms with van der Waals surface area (Å²) in [6.07, 6.45) is 1.59. The monoisotopic (exact) mass is 295 g/mol. The molecule has 0 aliphatic carbocycles. The third-order valence-corrected chi connectivity index (χ3v) is 3.37. The van der Waals surface area contributed by atoms with Crippen molar-refractivity contribution in [3.05, 3.63) is 71.8 Å². The van der Waals surface area contributed by atoms with Gasteiger partial charge in [0.25, 0.3) is 5.91 Å². The average molecular weight is 295 g/mol. The van der Waals surface area contributed by atoms with Gasteiger partial charge in [-0.1, -0.05) is 18.2 Å². The van der Waals surface area contributed by atoms with Gasteiger partial charge in [0.15, 0.2) is 0 Å². The number of halogens is 1. The number of fused-ring (bicyclic) bond motifs is 1.